The van der Waals surface area contributed by atoms with Crippen molar-refractivity contribution in [1.29, 1.82) is 0 Å². The predicted molar refractivity (Wildman–Crippen MR) is 71.2 cm³/mol. The molecule has 2 rings (SSSR count). The van der Waals surface area contributed by atoms with Crippen molar-refractivity contribution in [1.82, 2.24) is 0 Å². The van der Waals surface area contributed by atoms with Gasteiger partial charge in [-0.2, -0.15) is 0 Å². The van der Waals surface area contributed by atoms with Gasteiger partial charge in [0.2, 0.25) is 0 Å². The van der Waals surface area contributed by atoms with Gasteiger partial charge >= 0.3 is 6.09 Å². The largest absolute Gasteiger partial charge is 0.446 e. The molecule has 0 aliphatic rings. The molecule has 0 aromatic heterocycles. The van der Waals surface area contributed by atoms with Crippen molar-refractivity contribution in [2.75, 3.05) is 5.32 Å². The number of rotatable bonds is 3. The molecule has 0 aliphatic heterocycles. The molecule has 0 heterocycles. The molecule has 2 aromatic carbocycles. The lowest BCUT2D eigenvalue weighted by Gasteiger charge is -2.10. The fraction of sp³-hybridized carbons (Fsp3) is 0.0667. The van der Waals surface area contributed by atoms with Crippen LogP contribution in [-0.4, -0.2) is 6.09 Å². The molecular formula is C15H14NO2. The molecule has 0 spiro atoms. The number of anilines is 1. The zero-order valence-corrected chi connectivity index (χ0v) is 9.93. The molecule has 1 amide bonds. The molecule has 1 N–H and O–H groups in total. The van der Waals surface area contributed by atoms with Crippen LogP contribution in [-0.2, 0) is 11.2 Å². The number of amides is 1. The number of benzene rings is 2. The van der Waals surface area contributed by atoms with Crippen LogP contribution in [0.15, 0.2) is 54.6 Å². The average Bonchev–Trinajstić information content (AvgIpc) is 2.42. The number of para-hydroxylation sites is 1. The molecule has 0 saturated carbocycles. The van der Waals surface area contributed by atoms with Crippen LogP contribution < -0.4 is 5.32 Å². The van der Waals surface area contributed by atoms with E-state index in [2.05, 4.69) is 29.3 Å². The number of carbonyl (C=O) groups excluding carboxylic acids is 1. The Kier molecular flexibility index (Phi) is 3.97. The van der Waals surface area contributed by atoms with E-state index in [1.54, 1.807) is 0 Å². The van der Waals surface area contributed by atoms with Crippen LogP contribution in [0.25, 0.3) is 0 Å². The molecule has 0 unspecified atom stereocenters. The Bertz CT molecular complexity index is 523. The van der Waals surface area contributed by atoms with Crippen LogP contribution in [0, 0.1) is 7.11 Å². The summed E-state index contributed by atoms with van der Waals surface area (Å²) in [6, 6.07) is 17.7. The predicted octanol–water partition coefficient (Wildman–Crippen LogP) is 3.62. The minimum Gasteiger partial charge on any atom is -0.446 e. The summed E-state index contributed by atoms with van der Waals surface area (Å²) in [5.41, 5.74) is 2.97. The summed E-state index contributed by atoms with van der Waals surface area (Å²) >= 11 is 0. The monoisotopic (exact) mass is 240 g/mol. The minimum absolute atomic E-state index is 0.560. The van der Waals surface area contributed by atoms with Gasteiger partial charge in [-0.15, -0.1) is 0 Å². The van der Waals surface area contributed by atoms with Gasteiger partial charge in [0.05, 0.1) is 0 Å². The van der Waals surface area contributed by atoms with E-state index in [1.165, 1.54) is 5.56 Å². The molecular weight excluding hydrogens is 226 g/mol. The van der Waals surface area contributed by atoms with Gasteiger partial charge in [0.1, 0.15) is 7.11 Å². The summed E-state index contributed by atoms with van der Waals surface area (Å²) < 4.78 is 4.36. The van der Waals surface area contributed by atoms with Crippen molar-refractivity contribution in [3.05, 3.63) is 72.8 Å². The maximum atomic E-state index is 11.2. The van der Waals surface area contributed by atoms with Crippen molar-refractivity contribution >= 4 is 11.8 Å². The first-order valence-electron chi connectivity index (χ1n) is 5.64. The van der Waals surface area contributed by atoms with Crippen LogP contribution in [0.2, 0.25) is 0 Å². The molecule has 91 valence electrons. The van der Waals surface area contributed by atoms with E-state index >= 15 is 0 Å². The van der Waals surface area contributed by atoms with Crippen LogP contribution in [0.5, 0.6) is 0 Å². The van der Waals surface area contributed by atoms with E-state index < -0.39 is 6.09 Å². The average molecular weight is 240 g/mol. The Morgan fingerprint density at radius 1 is 1.06 bits per heavy atom. The Hall–Kier alpha value is -2.29. The maximum Gasteiger partial charge on any atom is 0.411 e. The zero-order valence-electron chi connectivity index (χ0n) is 9.93. The van der Waals surface area contributed by atoms with Gasteiger partial charge in [-0.05, 0) is 23.6 Å². The second kappa shape index (κ2) is 5.87. The van der Waals surface area contributed by atoms with E-state index in [1.807, 2.05) is 42.5 Å². The number of hydrogen-bond donors (Lipinski definition) is 1. The SMILES string of the molecule is [CH2]OC(=O)Nc1ccccc1Cc1ccccc1. The molecule has 2 aromatic rings. The Morgan fingerprint density at radius 3 is 2.44 bits per heavy atom. The first-order chi connectivity index (χ1) is 8.79. The minimum atomic E-state index is -0.560. The first kappa shape index (κ1) is 12.2. The molecule has 3 heteroatoms. The normalized spacial score (nSPS) is 9.83. The van der Waals surface area contributed by atoms with Crippen molar-refractivity contribution in [3.63, 3.8) is 0 Å². The number of carbonyl (C=O) groups is 1. The Balaban J connectivity index is 2.20. The standard InChI is InChI=1S/C15H14NO2/c1-18-15(17)16-14-10-6-5-9-13(14)11-12-7-3-2-4-8-12/h2-10H,1,11H2,(H,16,17). The van der Waals surface area contributed by atoms with Crippen molar-refractivity contribution in [2.24, 2.45) is 0 Å². The fourth-order valence-corrected chi connectivity index (χ4v) is 1.76. The Morgan fingerprint density at radius 2 is 1.72 bits per heavy atom. The summed E-state index contributed by atoms with van der Waals surface area (Å²) in [5.74, 6) is 0. The summed E-state index contributed by atoms with van der Waals surface area (Å²) in [5, 5.41) is 2.66. The highest BCUT2D eigenvalue weighted by Gasteiger charge is 2.06. The molecule has 0 atom stereocenters. The maximum absolute atomic E-state index is 11.2. The lowest BCUT2D eigenvalue weighted by molar-refractivity contribution is 0.199. The van der Waals surface area contributed by atoms with Gasteiger partial charge < -0.3 is 4.74 Å². The van der Waals surface area contributed by atoms with Gasteiger partial charge in [0.15, 0.2) is 0 Å². The summed E-state index contributed by atoms with van der Waals surface area (Å²) in [6.07, 6.45) is 0.199. The van der Waals surface area contributed by atoms with E-state index in [0.29, 0.717) is 0 Å². The fourth-order valence-electron chi connectivity index (χ4n) is 1.76. The van der Waals surface area contributed by atoms with E-state index in [-0.39, 0.29) is 0 Å². The second-order valence-corrected chi connectivity index (χ2v) is 3.88. The summed E-state index contributed by atoms with van der Waals surface area (Å²) in [7, 11) is 3.08. The third-order valence-corrected chi connectivity index (χ3v) is 2.62. The van der Waals surface area contributed by atoms with E-state index in [4.69, 9.17) is 0 Å². The molecule has 3 nitrogen and oxygen atoms in total. The summed E-state index contributed by atoms with van der Waals surface area (Å²) in [6.45, 7) is 0. The first-order valence-corrected chi connectivity index (χ1v) is 5.64. The van der Waals surface area contributed by atoms with Crippen LogP contribution in [0.3, 0.4) is 0 Å². The molecule has 0 fully saturated rings. The van der Waals surface area contributed by atoms with Crippen LogP contribution in [0.4, 0.5) is 10.5 Å². The smallest absolute Gasteiger partial charge is 0.411 e. The van der Waals surface area contributed by atoms with Gasteiger partial charge in [-0.1, -0.05) is 48.5 Å². The second-order valence-electron chi connectivity index (χ2n) is 3.88. The highest BCUT2D eigenvalue weighted by Crippen LogP contribution is 2.19. The van der Waals surface area contributed by atoms with Crippen molar-refractivity contribution in [2.45, 2.75) is 6.42 Å². The Labute approximate surface area is 106 Å². The number of ether oxygens (including phenoxy) is 1. The van der Waals surface area contributed by atoms with Crippen LogP contribution in [0.1, 0.15) is 11.1 Å². The third kappa shape index (κ3) is 3.10. The van der Waals surface area contributed by atoms with Crippen LogP contribution >= 0.6 is 0 Å². The van der Waals surface area contributed by atoms with Gasteiger partial charge in [-0.3, -0.25) is 5.32 Å². The number of nitrogens with one attached hydrogen (secondary N) is 1. The molecule has 1 radical (unpaired) electrons. The highest BCUT2D eigenvalue weighted by atomic mass is 16.5. The van der Waals surface area contributed by atoms with Crippen molar-refractivity contribution in [3.8, 4) is 0 Å². The van der Waals surface area contributed by atoms with Gasteiger partial charge in [0, 0.05) is 5.69 Å². The topological polar surface area (TPSA) is 38.3 Å². The van der Waals surface area contributed by atoms with Gasteiger partial charge in [0.25, 0.3) is 0 Å². The molecule has 0 saturated heterocycles. The molecule has 0 aliphatic carbocycles. The third-order valence-electron chi connectivity index (χ3n) is 2.62. The zero-order chi connectivity index (χ0) is 12.8. The van der Waals surface area contributed by atoms with Crippen molar-refractivity contribution < 1.29 is 9.53 Å². The van der Waals surface area contributed by atoms with Gasteiger partial charge in [-0.25, -0.2) is 4.79 Å². The summed E-state index contributed by atoms with van der Waals surface area (Å²) in [4.78, 5) is 11.2. The number of hydrogen-bond acceptors (Lipinski definition) is 2. The quantitative estimate of drug-likeness (QED) is 0.889. The lowest BCUT2D eigenvalue weighted by atomic mass is 10.0. The lowest BCUT2D eigenvalue weighted by Crippen LogP contribution is -2.11. The molecule has 0 bridgehead atoms. The molecule has 18 heavy (non-hydrogen) atoms. The van der Waals surface area contributed by atoms with E-state index in [0.717, 1.165) is 17.7 Å². The van der Waals surface area contributed by atoms with E-state index in [9.17, 15) is 4.79 Å². The highest BCUT2D eigenvalue weighted by molar-refractivity contribution is 5.85.